The maximum absolute atomic E-state index is 12.6. The lowest BCUT2D eigenvalue weighted by molar-refractivity contribution is -0.213. The molecule has 1 aromatic heterocycles. The Morgan fingerprint density at radius 3 is 2.96 bits per heavy atom. The topological polar surface area (TPSA) is 68.0 Å². The van der Waals surface area contributed by atoms with Crippen LogP contribution in [0.5, 0.6) is 0 Å². The van der Waals surface area contributed by atoms with E-state index in [1.165, 1.54) is 5.06 Å². The van der Waals surface area contributed by atoms with Crippen molar-refractivity contribution in [3.63, 3.8) is 0 Å². The molecular formula is C17H25N3O4. The lowest BCUT2D eigenvalue weighted by Gasteiger charge is -2.37. The Labute approximate surface area is 141 Å². The number of carbonyl (C=O) groups excluding carboxylic acids is 1. The number of likely N-dealkylation sites (tertiary alicyclic amines) is 1. The van der Waals surface area contributed by atoms with Gasteiger partial charge in [0.25, 0.3) is 5.91 Å². The monoisotopic (exact) mass is 335 g/mol. The van der Waals surface area contributed by atoms with Gasteiger partial charge in [0.05, 0.1) is 18.4 Å². The molecule has 0 bridgehead atoms. The van der Waals surface area contributed by atoms with E-state index in [1.54, 1.807) is 0 Å². The van der Waals surface area contributed by atoms with Gasteiger partial charge in [0.2, 0.25) is 0 Å². The van der Waals surface area contributed by atoms with Gasteiger partial charge in [0.1, 0.15) is 11.9 Å². The van der Waals surface area contributed by atoms with Gasteiger partial charge >= 0.3 is 0 Å². The van der Waals surface area contributed by atoms with Crippen molar-refractivity contribution < 1.29 is 18.9 Å². The summed E-state index contributed by atoms with van der Waals surface area (Å²) >= 11 is 0. The zero-order valence-electron chi connectivity index (χ0n) is 14.1. The molecule has 3 aliphatic rings. The van der Waals surface area contributed by atoms with E-state index < -0.39 is 0 Å². The number of hydrogen-bond acceptors (Lipinski definition) is 6. The van der Waals surface area contributed by atoms with Gasteiger partial charge in [-0.2, -0.15) is 0 Å². The van der Waals surface area contributed by atoms with E-state index in [4.69, 9.17) is 14.1 Å². The average Bonchev–Trinajstić information content (AvgIpc) is 3.21. The fourth-order valence-corrected chi connectivity index (χ4v) is 4.02. The summed E-state index contributed by atoms with van der Waals surface area (Å²) < 4.78 is 11.3. The quantitative estimate of drug-likeness (QED) is 0.837. The van der Waals surface area contributed by atoms with E-state index in [0.717, 1.165) is 56.6 Å². The Hall–Kier alpha value is -1.44. The Kier molecular flexibility index (Phi) is 4.56. The molecule has 0 saturated carbocycles. The highest BCUT2D eigenvalue weighted by atomic mass is 16.7. The van der Waals surface area contributed by atoms with E-state index in [1.807, 2.05) is 13.0 Å². The zero-order valence-corrected chi connectivity index (χ0v) is 14.1. The number of fused-ring (bicyclic) bond motifs is 1. The van der Waals surface area contributed by atoms with E-state index in [-0.39, 0.29) is 18.1 Å². The van der Waals surface area contributed by atoms with Crippen LogP contribution in [0.4, 0.5) is 0 Å². The van der Waals surface area contributed by atoms with E-state index in [9.17, 15) is 4.79 Å². The molecule has 3 fully saturated rings. The Morgan fingerprint density at radius 1 is 1.29 bits per heavy atom. The summed E-state index contributed by atoms with van der Waals surface area (Å²) in [5, 5.41) is 5.60. The Balaban J connectivity index is 1.34. The normalized spacial score (nSPS) is 31.2. The summed E-state index contributed by atoms with van der Waals surface area (Å²) in [6, 6.07) is 2.35. The summed E-state index contributed by atoms with van der Waals surface area (Å²) in [6.45, 7) is 4.99. The predicted octanol–water partition coefficient (Wildman–Crippen LogP) is 1.66. The van der Waals surface area contributed by atoms with Crippen molar-refractivity contribution in [2.75, 3.05) is 19.7 Å². The number of nitrogens with zero attached hydrogens (tertiary/aromatic N) is 3. The molecule has 0 unspecified atom stereocenters. The first kappa shape index (κ1) is 16.1. The molecule has 3 aliphatic heterocycles. The number of amides is 1. The number of aryl methyl sites for hydroxylation is 1. The average molecular weight is 335 g/mol. The minimum atomic E-state index is -0.349. The molecule has 7 heteroatoms. The van der Waals surface area contributed by atoms with Crippen LogP contribution >= 0.6 is 0 Å². The van der Waals surface area contributed by atoms with Gasteiger partial charge in [0, 0.05) is 31.7 Å². The van der Waals surface area contributed by atoms with E-state index >= 15 is 0 Å². The van der Waals surface area contributed by atoms with Crippen LogP contribution in [-0.2, 0) is 20.9 Å². The minimum Gasteiger partial charge on any atom is -0.363 e. The first-order valence-corrected chi connectivity index (χ1v) is 8.97. The molecule has 4 heterocycles. The van der Waals surface area contributed by atoms with Gasteiger partial charge in [-0.15, -0.1) is 0 Å². The highest BCUT2D eigenvalue weighted by Gasteiger charge is 2.43. The van der Waals surface area contributed by atoms with Crippen LogP contribution in [0.3, 0.4) is 0 Å². The number of hydroxylamine groups is 2. The van der Waals surface area contributed by atoms with Crippen molar-refractivity contribution in [2.45, 2.75) is 63.8 Å². The second-order valence-electron chi connectivity index (χ2n) is 6.98. The maximum Gasteiger partial charge on any atom is 0.275 e. The van der Waals surface area contributed by atoms with Crippen molar-refractivity contribution in [1.82, 2.24) is 15.1 Å². The number of hydrogen-bond donors (Lipinski definition) is 0. The predicted molar refractivity (Wildman–Crippen MR) is 84.8 cm³/mol. The van der Waals surface area contributed by atoms with Crippen LogP contribution in [0.2, 0.25) is 0 Å². The summed E-state index contributed by atoms with van der Waals surface area (Å²) in [6.07, 6.45) is 4.52. The molecule has 7 nitrogen and oxygen atoms in total. The van der Waals surface area contributed by atoms with Crippen molar-refractivity contribution in [3.8, 4) is 0 Å². The van der Waals surface area contributed by atoms with E-state index in [2.05, 4.69) is 10.1 Å². The molecule has 132 valence electrons. The molecule has 24 heavy (non-hydrogen) atoms. The minimum absolute atomic E-state index is 0.00118. The summed E-state index contributed by atoms with van der Waals surface area (Å²) in [4.78, 5) is 20.4. The highest BCUT2D eigenvalue weighted by molar-refractivity contribution is 5.80. The van der Waals surface area contributed by atoms with Gasteiger partial charge in [0.15, 0.2) is 0 Å². The number of carbonyl (C=O) groups is 1. The van der Waals surface area contributed by atoms with Gasteiger partial charge in [-0.1, -0.05) is 5.16 Å². The van der Waals surface area contributed by atoms with Crippen LogP contribution in [0.1, 0.15) is 43.6 Å². The number of aromatic nitrogens is 1. The van der Waals surface area contributed by atoms with Gasteiger partial charge in [-0.3, -0.25) is 14.5 Å². The van der Waals surface area contributed by atoms with Crippen LogP contribution < -0.4 is 0 Å². The van der Waals surface area contributed by atoms with E-state index in [0.29, 0.717) is 19.2 Å². The second-order valence-corrected chi connectivity index (χ2v) is 6.98. The highest BCUT2D eigenvalue weighted by Crippen LogP contribution is 2.33. The molecule has 0 N–H and O–H groups in total. The second kappa shape index (κ2) is 6.82. The van der Waals surface area contributed by atoms with Gasteiger partial charge in [-0.25, -0.2) is 5.06 Å². The molecule has 1 amide bonds. The smallest absolute Gasteiger partial charge is 0.275 e. The molecule has 3 atom stereocenters. The summed E-state index contributed by atoms with van der Waals surface area (Å²) in [5.74, 6) is 0.839. The standard InChI is InChI=1S/C17H25N3O4/c1-12-10-13(18-24-12)11-19-8-6-15-14(19)4-5-16(23-15)17(21)20-7-2-3-9-22-20/h10,14-16H,2-9,11H2,1H3/t14-,15-,16+/m1/s1. The van der Waals surface area contributed by atoms with Crippen LogP contribution in [-0.4, -0.2) is 59.0 Å². The van der Waals surface area contributed by atoms with Crippen molar-refractivity contribution >= 4 is 5.91 Å². The molecule has 3 saturated heterocycles. The van der Waals surface area contributed by atoms with Crippen molar-refractivity contribution in [2.24, 2.45) is 0 Å². The SMILES string of the molecule is Cc1cc(CN2CC[C@H]3O[C@H](C(=O)N4CCCCO4)CC[C@H]32)no1. The number of ether oxygens (including phenoxy) is 1. The summed E-state index contributed by atoms with van der Waals surface area (Å²) in [5.41, 5.74) is 0.966. The molecule has 0 aromatic carbocycles. The lowest BCUT2D eigenvalue weighted by Crippen LogP contribution is -2.49. The Bertz CT molecular complexity index is 584. The van der Waals surface area contributed by atoms with Crippen LogP contribution in [0.15, 0.2) is 10.6 Å². The molecule has 4 rings (SSSR count). The first-order valence-electron chi connectivity index (χ1n) is 8.97. The molecule has 1 aromatic rings. The lowest BCUT2D eigenvalue weighted by atomic mass is 9.98. The van der Waals surface area contributed by atoms with Gasteiger partial charge in [-0.05, 0) is 39.0 Å². The molecule has 0 aliphatic carbocycles. The molecular weight excluding hydrogens is 310 g/mol. The zero-order chi connectivity index (χ0) is 16.5. The third-order valence-corrected chi connectivity index (χ3v) is 5.23. The molecule has 0 radical (unpaired) electrons. The molecule has 0 spiro atoms. The third kappa shape index (κ3) is 3.20. The van der Waals surface area contributed by atoms with Crippen molar-refractivity contribution in [1.29, 1.82) is 0 Å². The van der Waals surface area contributed by atoms with Crippen LogP contribution in [0.25, 0.3) is 0 Å². The van der Waals surface area contributed by atoms with Crippen molar-refractivity contribution in [3.05, 3.63) is 17.5 Å². The maximum atomic E-state index is 12.6. The fraction of sp³-hybridized carbons (Fsp3) is 0.765. The third-order valence-electron chi connectivity index (χ3n) is 5.23. The Morgan fingerprint density at radius 2 is 2.21 bits per heavy atom. The van der Waals surface area contributed by atoms with Crippen LogP contribution in [0, 0.1) is 6.92 Å². The number of rotatable bonds is 3. The first-order chi connectivity index (χ1) is 11.7. The summed E-state index contributed by atoms with van der Waals surface area (Å²) in [7, 11) is 0. The van der Waals surface area contributed by atoms with Gasteiger partial charge < -0.3 is 9.26 Å². The largest absolute Gasteiger partial charge is 0.363 e. The fourth-order valence-electron chi connectivity index (χ4n) is 4.02.